The van der Waals surface area contributed by atoms with Gasteiger partial charge in [-0.15, -0.1) is 0 Å². The molecule has 0 amide bonds. The van der Waals surface area contributed by atoms with Gasteiger partial charge in [0.1, 0.15) is 17.8 Å². The van der Waals surface area contributed by atoms with Crippen LogP contribution in [0.25, 0.3) is 0 Å². The van der Waals surface area contributed by atoms with Crippen LogP contribution in [-0.4, -0.2) is 38.4 Å². The molecule has 6 nitrogen and oxygen atoms in total. The molecule has 1 aromatic rings. The Bertz CT molecular complexity index is 774. The first kappa shape index (κ1) is 18.3. The molecular weight excluding hydrogens is 348 g/mol. The lowest BCUT2D eigenvalue weighted by Crippen LogP contribution is -2.56. The van der Waals surface area contributed by atoms with E-state index in [2.05, 4.69) is 0 Å². The van der Waals surface area contributed by atoms with Gasteiger partial charge in [0.15, 0.2) is 0 Å². The molecule has 1 aliphatic heterocycles. The van der Waals surface area contributed by atoms with Crippen molar-refractivity contribution in [1.82, 2.24) is 0 Å². The number of rotatable bonds is 4. The fraction of sp³-hybridized carbons (Fsp3) is 0.619. The van der Waals surface area contributed by atoms with Gasteiger partial charge in [-0.2, -0.15) is 0 Å². The molecule has 4 atom stereocenters. The Kier molecular flexibility index (Phi) is 4.41. The average molecular weight is 374 g/mol. The van der Waals surface area contributed by atoms with E-state index in [1.807, 2.05) is 12.1 Å². The van der Waals surface area contributed by atoms with E-state index < -0.39 is 17.8 Å². The van der Waals surface area contributed by atoms with Crippen molar-refractivity contribution in [3.05, 3.63) is 23.3 Å². The van der Waals surface area contributed by atoms with Crippen LogP contribution in [0.5, 0.6) is 11.5 Å². The number of hydrogen-bond donors (Lipinski definition) is 0. The molecule has 0 aromatic heterocycles. The molecule has 146 valence electrons. The molecule has 1 saturated carbocycles. The topological polar surface area (TPSA) is 71.1 Å². The van der Waals surface area contributed by atoms with E-state index in [0.29, 0.717) is 17.9 Å². The number of carbonyl (C=O) groups excluding carboxylic acids is 2. The largest absolute Gasteiger partial charge is 0.497 e. The summed E-state index contributed by atoms with van der Waals surface area (Å²) >= 11 is 0. The predicted molar refractivity (Wildman–Crippen MR) is 96.9 cm³/mol. The van der Waals surface area contributed by atoms with Gasteiger partial charge in [0.25, 0.3) is 0 Å². The normalized spacial score (nSPS) is 34.0. The van der Waals surface area contributed by atoms with E-state index in [9.17, 15) is 9.59 Å². The highest BCUT2D eigenvalue weighted by molar-refractivity contribution is 5.72. The molecule has 1 unspecified atom stereocenters. The van der Waals surface area contributed by atoms with Crippen molar-refractivity contribution in [1.29, 1.82) is 0 Å². The van der Waals surface area contributed by atoms with Gasteiger partial charge in [-0.05, 0) is 30.9 Å². The number of aldehydes is 1. The molecule has 1 aromatic carbocycles. The van der Waals surface area contributed by atoms with Crippen LogP contribution in [0.4, 0.5) is 0 Å². The highest BCUT2D eigenvalue weighted by Gasteiger charge is 2.67. The summed E-state index contributed by atoms with van der Waals surface area (Å²) in [7, 11) is 3.23. The highest BCUT2D eigenvalue weighted by atomic mass is 16.7. The van der Waals surface area contributed by atoms with Crippen molar-refractivity contribution in [2.24, 2.45) is 5.41 Å². The van der Waals surface area contributed by atoms with Gasteiger partial charge in [-0.3, -0.25) is 4.79 Å². The van der Waals surface area contributed by atoms with Crippen molar-refractivity contribution in [2.45, 2.75) is 63.3 Å². The van der Waals surface area contributed by atoms with E-state index in [0.717, 1.165) is 49.5 Å². The maximum atomic E-state index is 12.4. The quantitative estimate of drug-likeness (QED) is 0.596. The van der Waals surface area contributed by atoms with E-state index in [1.165, 1.54) is 6.92 Å². The Balaban J connectivity index is 1.88. The van der Waals surface area contributed by atoms with Crippen molar-refractivity contribution in [2.75, 3.05) is 14.2 Å². The molecule has 3 aliphatic rings. The molecule has 0 spiro atoms. The Hall–Kier alpha value is -2.08. The van der Waals surface area contributed by atoms with E-state index in [4.69, 9.17) is 18.9 Å². The number of esters is 1. The van der Waals surface area contributed by atoms with Gasteiger partial charge in [-0.25, -0.2) is 0 Å². The summed E-state index contributed by atoms with van der Waals surface area (Å²) in [4.78, 5) is 23.9. The Labute approximate surface area is 159 Å². The Morgan fingerprint density at radius 1 is 1.22 bits per heavy atom. The zero-order chi connectivity index (χ0) is 19.2. The van der Waals surface area contributed by atoms with Crippen LogP contribution in [0, 0.1) is 5.41 Å². The summed E-state index contributed by atoms with van der Waals surface area (Å²) in [6.45, 7) is 1.39. The Morgan fingerprint density at radius 2 is 2.00 bits per heavy atom. The van der Waals surface area contributed by atoms with Crippen LogP contribution in [0.15, 0.2) is 12.1 Å². The third-order valence-corrected chi connectivity index (χ3v) is 6.68. The van der Waals surface area contributed by atoms with E-state index >= 15 is 0 Å². The van der Waals surface area contributed by atoms with Gasteiger partial charge < -0.3 is 23.7 Å². The SMILES string of the molecule is COc1cc2c(c(OC)c1)[C@@H](C=O)[C@]13CCCC[C@@]1(C2)CC(OC(C)=O)O3. The maximum Gasteiger partial charge on any atom is 0.304 e. The second-order valence-electron chi connectivity index (χ2n) is 7.93. The lowest BCUT2D eigenvalue weighted by atomic mass is 9.51. The van der Waals surface area contributed by atoms with Crippen LogP contribution in [0.1, 0.15) is 56.1 Å². The molecular formula is C21H26O6. The van der Waals surface area contributed by atoms with Gasteiger partial charge in [0.05, 0.1) is 25.7 Å². The zero-order valence-corrected chi connectivity index (χ0v) is 16.1. The molecule has 4 rings (SSSR count). The van der Waals surface area contributed by atoms with Crippen LogP contribution < -0.4 is 9.47 Å². The summed E-state index contributed by atoms with van der Waals surface area (Å²) in [5, 5.41) is 0. The first-order valence-electron chi connectivity index (χ1n) is 9.54. The summed E-state index contributed by atoms with van der Waals surface area (Å²) in [6, 6.07) is 3.82. The van der Waals surface area contributed by atoms with Crippen LogP contribution >= 0.6 is 0 Å². The lowest BCUT2D eigenvalue weighted by molar-refractivity contribution is -0.201. The molecule has 2 fully saturated rings. The molecule has 0 radical (unpaired) electrons. The number of fused-ring (bicyclic) bond motifs is 1. The summed E-state index contributed by atoms with van der Waals surface area (Å²) in [5.41, 5.74) is 1.07. The van der Waals surface area contributed by atoms with Crippen LogP contribution in [0.2, 0.25) is 0 Å². The molecule has 1 saturated heterocycles. The van der Waals surface area contributed by atoms with Gasteiger partial charge >= 0.3 is 5.97 Å². The second-order valence-corrected chi connectivity index (χ2v) is 7.93. The standard InChI is InChI=1S/C21H26O6/c1-13(23)26-18-11-20-6-4-5-7-21(20,27-18)16(12-22)19-14(10-20)8-15(24-2)9-17(19)25-3/h8-9,12,16,18H,4-7,10-11H2,1-3H3/t16-,18?,20-,21-/m1/s1. The fourth-order valence-electron chi connectivity index (χ4n) is 5.72. The van der Waals surface area contributed by atoms with Crippen molar-refractivity contribution in [3.8, 4) is 11.5 Å². The first-order valence-corrected chi connectivity index (χ1v) is 9.54. The summed E-state index contributed by atoms with van der Waals surface area (Å²) in [5.74, 6) is 0.547. The lowest BCUT2D eigenvalue weighted by Gasteiger charge is -2.54. The molecule has 0 N–H and O–H groups in total. The predicted octanol–water partition coefficient (Wildman–Crippen LogP) is 3.15. The first-order chi connectivity index (χ1) is 13.0. The van der Waals surface area contributed by atoms with Crippen LogP contribution in [0.3, 0.4) is 0 Å². The number of benzene rings is 1. The molecule has 0 bridgehead atoms. The molecule has 6 heteroatoms. The highest BCUT2D eigenvalue weighted by Crippen LogP contribution is 2.65. The van der Waals surface area contributed by atoms with Gasteiger partial charge in [-0.1, -0.05) is 12.8 Å². The summed E-state index contributed by atoms with van der Waals surface area (Å²) < 4.78 is 22.9. The third kappa shape index (κ3) is 2.57. The average Bonchev–Trinajstić information content (AvgIpc) is 2.97. The number of methoxy groups -OCH3 is 2. The maximum absolute atomic E-state index is 12.4. The minimum atomic E-state index is -0.651. The van der Waals surface area contributed by atoms with E-state index in [-0.39, 0.29) is 11.4 Å². The monoisotopic (exact) mass is 374 g/mol. The van der Waals surface area contributed by atoms with Crippen molar-refractivity contribution in [3.63, 3.8) is 0 Å². The fourth-order valence-corrected chi connectivity index (χ4v) is 5.72. The smallest absolute Gasteiger partial charge is 0.304 e. The van der Waals surface area contributed by atoms with Crippen molar-refractivity contribution < 1.29 is 28.5 Å². The minimum absolute atomic E-state index is 0.221. The van der Waals surface area contributed by atoms with Gasteiger partial charge in [0, 0.05) is 30.4 Å². The number of hydrogen-bond acceptors (Lipinski definition) is 6. The minimum Gasteiger partial charge on any atom is -0.497 e. The number of ether oxygens (including phenoxy) is 4. The zero-order valence-electron chi connectivity index (χ0n) is 16.1. The third-order valence-electron chi connectivity index (χ3n) is 6.68. The van der Waals surface area contributed by atoms with Crippen LogP contribution in [-0.2, 0) is 25.5 Å². The van der Waals surface area contributed by atoms with E-state index in [1.54, 1.807) is 14.2 Å². The van der Waals surface area contributed by atoms with Crippen molar-refractivity contribution >= 4 is 12.3 Å². The molecule has 2 aliphatic carbocycles. The molecule has 27 heavy (non-hydrogen) atoms. The van der Waals surface area contributed by atoms with Gasteiger partial charge in [0.2, 0.25) is 6.29 Å². The summed E-state index contributed by atoms with van der Waals surface area (Å²) in [6.07, 6.45) is 5.57. The Morgan fingerprint density at radius 3 is 2.67 bits per heavy atom. The second kappa shape index (κ2) is 6.51. The number of carbonyl (C=O) groups is 2. The molecule has 1 heterocycles.